The SMILES string of the molecule is CC(C)(C)c1ccc(N(c2ccc(-c3ccccc3)c(F)c2)c2ccc3c(c2)C2(c4ccccc4-c4ccccc42)c2c-3cc(N(c3ccc(C(C)(C)C)cc3)c3ccc(-c4ccccc4)c(F)c3)c3c2oc2ccccc23)cc1. The summed E-state index contributed by atoms with van der Waals surface area (Å²) in [6.45, 7) is 13.3. The number of anilines is 6. The third-order valence-electron chi connectivity index (χ3n) is 16.7. The van der Waals surface area contributed by atoms with Gasteiger partial charge in [0.1, 0.15) is 22.8 Å². The van der Waals surface area contributed by atoms with Crippen LogP contribution in [0.5, 0.6) is 0 Å². The molecule has 0 saturated heterocycles. The zero-order chi connectivity index (χ0) is 54.7. The number of hydrogen-bond acceptors (Lipinski definition) is 3. The average Bonchev–Trinajstić information content (AvgIpc) is 4.24. The largest absolute Gasteiger partial charge is 0.456 e. The number of halogens is 2. The smallest absolute Gasteiger partial charge is 0.142 e. The number of hydrogen-bond donors (Lipinski definition) is 0. The number of nitrogens with zero attached hydrogens (tertiary/aromatic N) is 2. The van der Waals surface area contributed by atoms with E-state index in [0.29, 0.717) is 22.5 Å². The van der Waals surface area contributed by atoms with E-state index in [9.17, 15) is 0 Å². The van der Waals surface area contributed by atoms with Gasteiger partial charge in [0.2, 0.25) is 0 Å². The lowest BCUT2D eigenvalue weighted by molar-refractivity contribution is 0.590. The van der Waals surface area contributed by atoms with Crippen LogP contribution in [-0.2, 0) is 16.2 Å². The van der Waals surface area contributed by atoms with Crippen LogP contribution in [0.25, 0.3) is 66.4 Å². The van der Waals surface area contributed by atoms with Gasteiger partial charge in [-0.3, -0.25) is 0 Å². The predicted molar refractivity (Wildman–Crippen MR) is 328 cm³/mol. The minimum Gasteiger partial charge on any atom is -0.456 e. The molecule has 2 aliphatic rings. The number of benzene rings is 11. The van der Waals surface area contributed by atoms with Crippen molar-refractivity contribution in [3.8, 4) is 44.5 Å². The fourth-order valence-corrected chi connectivity index (χ4v) is 12.9. The quantitative estimate of drug-likeness (QED) is 0.151. The maximum atomic E-state index is 17.0. The standard InChI is InChI=1S/C75H58F2N2O/c1-73(2,3)49-29-33-51(34-30-49)78(54-37-40-56(66(76)44-54)47-19-9-7-10-20-47)53-39-42-60-62-46-68(79(52-35-31-50(32-36-52)74(4,5)6)55-38-41-57(67(77)45-55)48-21-11-8-12-22-48)70-61-25-15-18-28-69(61)80-72(70)71(62)75(65(60)43-53)63-26-16-13-23-58(63)59-24-14-17-27-64(59)75/h7-46H,1-6H3. The molecule has 388 valence electrons. The third kappa shape index (κ3) is 7.66. The molecule has 1 spiro atoms. The van der Waals surface area contributed by atoms with Crippen molar-refractivity contribution in [2.24, 2.45) is 0 Å². The van der Waals surface area contributed by atoms with Gasteiger partial charge in [-0.2, -0.15) is 0 Å². The molecule has 0 radical (unpaired) electrons. The van der Waals surface area contributed by atoms with E-state index in [4.69, 9.17) is 4.42 Å². The Morgan fingerprint density at radius 2 is 0.787 bits per heavy atom. The normalized spacial score (nSPS) is 13.1. The molecule has 2 aliphatic carbocycles. The molecule has 12 aromatic rings. The molecule has 3 nitrogen and oxygen atoms in total. The van der Waals surface area contributed by atoms with Gasteiger partial charge in [-0.1, -0.05) is 199 Å². The van der Waals surface area contributed by atoms with E-state index in [-0.39, 0.29) is 22.5 Å². The lowest BCUT2D eigenvalue weighted by Crippen LogP contribution is -2.26. The Bertz CT molecular complexity index is 4350. The molecule has 0 saturated carbocycles. The lowest BCUT2D eigenvalue weighted by atomic mass is 9.70. The van der Waals surface area contributed by atoms with Gasteiger partial charge >= 0.3 is 0 Å². The van der Waals surface area contributed by atoms with E-state index >= 15 is 8.78 Å². The fourth-order valence-electron chi connectivity index (χ4n) is 12.9. The molecule has 0 amide bonds. The fraction of sp³-hybridized carbons (Fsp3) is 0.120. The second kappa shape index (κ2) is 18.4. The molecule has 0 unspecified atom stereocenters. The second-order valence-electron chi connectivity index (χ2n) is 23.5. The predicted octanol–water partition coefficient (Wildman–Crippen LogP) is 21.1. The molecule has 1 aromatic heterocycles. The van der Waals surface area contributed by atoms with Crippen LogP contribution in [0.4, 0.5) is 42.9 Å². The Balaban J connectivity index is 1.07. The Kier molecular flexibility index (Phi) is 11.3. The molecular formula is C75H58F2N2O. The minimum absolute atomic E-state index is 0.0755. The summed E-state index contributed by atoms with van der Waals surface area (Å²) in [6, 6.07) is 83.0. The van der Waals surface area contributed by atoms with Gasteiger partial charge in [0.05, 0.1) is 16.5 Å². The molecule has 0 bridgehead atoms. The summed E-state index contributed by atoms with van der Waals surface area (Å²) in [5.74, 6) is -0.622. The summed E-state index contributed by atoms with van der Waals surface area (Å²) < 4.78 is 41.3. The van der Waals surface area contributed by atoms with Crippen molar-refractivity contribution < 1.29 is 13.2 Å². The number of para-hydroxylation sites is 1. The second-order valence-corrected chi connectivity index (χ2v) is 23.5. The van der Waals surface area contributed by atoms with E-state index in [1.54, 1.807) is 12.1 Å². The summed E-state index contributed by atoms with van der Waals surface area (Å²) in [4.78, 5) is 4.40. The van der Waals surface area contributed by atoms with Crippen LogP contribution in [0.2, 0.25) is 0 Å². The highest BCUT2D eigenvalue weighted by atomic mass is 19.1. The molecule has 0 fully saturated rings. The van der Waals surface area contributed by atoms with Crippen molar-refractivity contribution in [3.63, 3.8) is 0 Å². The first-order valence-electron chi connectivity index (χ1n) is 27.6. The maximum Gasteiger partial charge on any atom is 0.142 e. The van der Waals surface area contributed by atoms with Gasteiger partial charge in [-0.25, -0.2) is 8.78 Å². The van der Waals surface area contributed by atoms with Crippen molar-refractivity contribution in [2.45, 2.75) is 57.8 Å². The van der Waals surface area contributed by atoms with Crippen molar-refractivity contribution in [2.75, 3.05) is 9.80 Å². The molecular weight excluding hydrogens is 983 g/mol. The van der Waals surface area contributed by atoms with Crippen molar-refractivity contribution >= 4 is 56.1 Å². The summed E-state index contributed by atoms with van der Waals surface area (Å²) in [7, 11) is 0. The average molecular weight is 1040 g/mol. The van der Waals surface area contributed by atoms with Crippen LogP contribution in [0.15, 0.2) is 247 Å². The third-order valence-corrected chi connectivity index (χ3v) is 16.7. The Morgan fingerprint density at radius 3 is 1.31 bits per heavy atom. The Labute approximate surface area is 466 Å². The number of furan rings is 1. The summed E-state index contributed by atoms with van der Waals surface area (Å²) in [5.41, 5.74) is 19.3. The highest BCUT2D eigenvalue weighted by Gasteiger charge is 2.54. The molecule has 5 heteroatoms. The van der Waals surface area contributed by atoms with Crippen molar-refractivity contribution in [3.05, 3.63) is 288 Å². The number of rotatable bonds is 8. The minimum atomic E-state index is -0.870. The van der Waals surface area contributed by atoms with E-state index in [0.717, 1.165) is 100 Å². The zero-order valence-corrected chi connectivity index (χ0v) is 45.7. The highest BCUT2D eigenvalue weighted by molar-refractivity contribution is 6.18. The van der Waals surface area contributed by atoms with Gasteiger partial charge in [-0.05, 0) is 157 Å². The van der Waals surface area contributed by atoms with Gasteiger partial charge in [0.25, 0.3) is 0 Å². The lowest BCUT2D eigenvalue weighted by Gasteiger charge is -2.33. The van der Waals surface area contributed by atoms with Gasteiger partial charge in [-0.15, -0.1) is 0 Å². The van der Waals surface area contributed by atoms with Gasteiger partial charge < -0.3 is 14.2 Å². The number of fused-ring (bicyclic) bond motifs is 14. The molecule has 0 atom stereocenters. The van der Waals surface area contributed by atoms with Crippen molar-refractivity contribution in [1.29, 1.82) is 0 Å². The van der Waals surface area contributed by atoms with Crippen LogP contribution in [0.3, 0.4) is 0 Å². The summed E-state index contributed by atoms with van der Waals surface area (Å²) >= 11 is 0. The van der Waals surface area contributed by atoms with Crippen LogP contribution < -0.4 is 9.80 Å². The monoisotopic (exact) mass is 1040 g/mol. The topological polar surface area (TPSA) is 19.6 Å². The highest BCUT2D eigenvalue weighted by Crippen LogP contribution is 2.66. The molecule has 1 heterocycles. The molecule has 14 rings (SSSR count). The molecule has 0 aliphatic heterocycles. The first-order valence-corrected chi connectivity index (χ1v) is 27.6. The van der Waals surface area contributed by atoms with E-state index in [1.807, 2.05) is 91.0 Å². The van der Waals surface area contributed by atoms with Crippen LogP contribution in [-0.4, -0.2) is 0 Å². The van der Waals surface area contributed by atoms with Crippen LogP contribution in [0, 0.1) is 11.6 Å². The first-order chi connectivity index (χ1) is 38.8. The van der Waals surface area contributed by atoms with Crippen molar-refractivity contribution in [1.82, 2.24) is 0 Å². The van der Waals surface area contributed by atoms with E-state index in [2.05, 4.69) is 191 Å². The maximum absolute atomic E-state index is 17.0. The van der Waals surface area contributed by atoms with Crippen LogP contribution in [0.1, 0.15) is 74.9 Å². The summed E-state index contributed by atoms with van der Waals surface area (Å²) in [6.07, 6.45) is 0. The zero-order valence-electron chi connectivity index (χ0n) is 45.7. The molecule has 80 heavy (non-hydrogen) atoms. The van der Waals surface area contributed by atoms with E-state index in [1.165, 1.54) is 11.1 Å². The Hall–Kier alpha value is -9.32. The van der Waals surface area contributed by atoms with Gasteiger partial charge in [0, 0.05) is 50.5 Å². The first kappa shape index (κ1) is 49.0. The Morgan fingerprint density at radius 1 is 0.362 bits per heavy atom. The summed E-state index contributed by atoms with van der Waals surface area (Å²) in [5, 5.41) is 1.88. The molecule has 11 aromatic carbocycles. The molecule has 0 N–H and O–H groups in total. The van der Waals surface area contributed by atoms with E-state index < -0.39 is 5.41 Å². The van der Waals surface area contributed by atoms with Crippen LogP contribution >= 0.6 is 0 Å². The van der Waals surface area contributed by atoms with Gasteiger partial charge in [0.15, 0.2) is 0 Å².